The largest absolute Gasteiger partial charge is 0.489 e. The molecule has 1 fully saturated rings. The van der Waals surface area contributed by atoms with Gasteiger partial charge in [0.1, 0.15) is 0 Å². The molecule has 1 saturated carbocycles. The fraction of sp³-hybridized carbons (Fsp3) is 0.647. The van der Waals surface area contributed by atoms with Crippen LogP contribution in [-0.4, -0.2) is 13.2 Å². The molecule has 0 amide bonds. The third-order valence-corrected chi connectivity index (χ3v) is 4.50. The number of rotatable bonds is 3. The summed E-state index contributed by atoms with van der Waals surface area (Å²) in [7, 11) is 0. The molecule has 110 valence electrons. The van der Waals surface area contributed by atoms with E-state index in [1.807, 2.05) is 6.07 Å². The quantitative estimate of drug-likeness (QED) is 0.915. The van der Waals surface area contributed by atoms with E-state index in [1.54, 1.807) is 0 Å². The molecule has 0 spiro atoms. The van der Waals surface area contributed by atoms with E-state index >= 15 is 0 Å². The van der Waals surface area contributed by atoms with Gasteiger partial charge in [-0.25, -0.2) is 0 Å². The van der Waals surface area contributed by atoms with Crippen molar-refractivity contribution in [3.63, 3.8) is 0 Å². The highest BCUT2D eigenvalue weighted by atomic mass is 16.5. The van der Waals surface area contributed by atoms with E-state index in [0.717, 1.165) is 30.4 Å². The van der Waals surface area contributed by atoms with Gasteiger partial charge in [-0.2, -0.15) is 0 Å². The second-order valence-electron chi connectivity index (χ2n) is 6.43. The SMILES string of the molecule is CC1COc2ccc(C(N)CC3CCCC3)cc2OC1. The molecule has 2 atom stereocenters. The predicted molar refractivity (Wildman–Crippen MR) is 80.1 cm³/mol. The molecule has 3 heteroatoms. The Hall–Kier alpha value is -1.22. The van der Waals surface area contributed by atoms with E-state index in [2.05, 4.69) is 19.1 Å². The molecule has 0 aromatic heterocycles. The van der Waals surface area contributed by atoms with Gasteiger partial charge in [-0.15, -0.1) is 0 Å². The number of fused-ring (bicyclic) bond motifs is 1. The Balaban J connectivity index is 1.71. The molecular formula is C17H25NO2. The Labute approximate surface area is 121 Å². The van der Waals surface area contributed by atoms with E-state index in [9.17, 15) is 0 Å². The molecule has 1 aliphatic heterocycles. The molecular weight excluding hydrogens is 250 g/mol. The zero-order valence-corrected chi connectivity index (χ0v) is 12.3. The first-order chi connectivity index (χ1) is 9.72. The molecule has 2 aliphatic rings. The van der Waals surface area contributed by atoms with Crippen molar-refractivity contribution in [3.8, 4) is 11.5 Å². The topological polar surface area (TPSA) is 44.5 Å². The second kappa shape index (κ2) is 6.04. The predicted octanol–water partition coefficient (Wildman–Crippen LogP) is 3.67. The van der Waals surface area contributed by atoms with Gasteiger partial charge in [0.25, 0.3) is 0 Å². The Morgan fingerprint density at radius 1 is 1.15 bits per heavy atom. The molecule has 3 rings (SSSR count). The van der Waals surface area contributed by atoms with Crippen molar-refractivity contribution in [2.24, 2.45) is 17.6 Å². The van der Waals surface area contributed by atoms with Gasteiger partial charge < -0.3 is 15.2 Å². The first-order valence-electron chi connectivity index (χ1n) is 7.87. The van der Waals surface area contributed by atoms with E-state index in [0.29, 0.717) is 12.5 Å². The number of ether oxygens (including phenoxy) is 2. The van der Waals surface area contributed by atoms with Crippen LogP contribution in [-0.2, 0) is 0 Å². The molecule has 20 heavy (non-hydrogen) atoms. The van der Waals surface area contributed by atoms with Gasteiger partial charge in [0, 0.05) is 12.0 Å². The van der Waals surface area contributed by atoms with Crippen LogP contribution in [0.25, 0.3) is 0 Å². The van der Waals surface area contributed by atoms with Gasteiger partial charge in [0.15, 0.2) is 11.5 Å². The summed E-state index contributed by atoms with van der Waals surface area (Å²) in [5, 5.41) is 0. The van der Waals surface area contributed by atoms with Crippen molar-refractivity contribution in [1.82, 2.24) is 0 Å². The summed E-state index contributed by atoms with van der Waals surface area (Å²) < 4.78 is 11.6. The summed E-state index contributed by atoms with van der Waals surface area (Å²) >= 11 is 0. The first-order valence-corrected chi connectivity index (χ1v) is 7.87. The molecule has 1 heterocycles. The Morgan fingerprint density at radius 3 is 2.60 bits per heavy atom. The van der Waals surface area contributed by atoms with Crippen LogP contribution in [0.5, 0.6) is 11.5 Å². The Bertz CT molecular complexity index is 454. The van der Waals surface area contributed by atoms with Crippen molar-refractivity contribution in [1.29, 1.82) is 0 Å². The van der Waals surface area contributed by atoms with Crippen molar-refractivity contribution in [3.05, 3.63) is 23.8 Å². The fourth-order valence-corrected chi connectivity index (χ4v) is 3.24. The van der Waals surface area contributed by atoms with E-state index in [-0.39, 0.29) is 6.04 Å². The summed E-state index contributed by atoms with van der Waals surface area (Å²) in [6, 6.07) is 6.30. The first kappa shape index (κ1) is 13.7. The van der Waals surface area contributed by atoms with Crippen LogP contribution < -0.4 is 15.2 Å². The zero-order chi connectivity index (χ0) is 13.9. The highest BCUT2D eigenvalue weighted by Gasteiger charge is 2.21. The molecule has 1 aromatic rings. The van der Waals surface area contributed by atoms with Gasteiger partial charge in [-0.3, -0.25) is 0 Å². The van der Waals surface area contributed by atoms with E-state index < -0.39 is 0 Å². The molecule has 1 aliphatic carbocycles. The van der Waals surface area contributed by atoms with Gasteiger partial charge in [0.05, 0.1) is 13.2 Å². The third-order valence-electron chi connectivity index (χ3n) is 4.50. The molecule has 3 nitrogen and oxygen atoms in total. The van der Waals surface area contributed by atoms with E-state index in [1.165, 1.54) is 31.2 Å². The van der Waals surface area contributed by atoms with Crippen LogP contribution >= 0.6 is 0 Å². The van der Waals surface area contributed by atoms with Crippen molar-refractivity contribution in [2.75, 3.05) is 13.2 Å². The maximum Gasteiger partial charge on any atom is 0.161 e. The molecule has 0 bridgehead atoms. The van der Waals surface area contributed by atoms with Gasteiger partial charge in [0.2, 0.25) is 0 Å². The number of hydrogen-bond acceptors (Lipinski definition) is 3. The maximum atomic E-state index is 6.38. The number of nitrogens with two attached hydrogens (primary N) is 1. The second-order valence-corrected chi connectivity index (χ2v) is 6.43. The lowest BCUT2D eigenvalue weighted by molar-refractivity contribution is 0.228. The van der Waals surface area contributed by atoms with Crippen LogP contribution in [0.3, 0.4) is 0 Å². The molecule has 0 saturated heterocycles. The van der Waals surface area contributed by atoms with Gasteiger partial charge >= 0.3 is 0 Å². The molecule has 1 aromatic carbocycles. The van der Waals surface area contributed by atoms with Crippen molar-refractivity contribution >= 4 is 0 Å². The summed E-state index contributed by atoms with van der Waals surface area (Å²) in [5.74, 6) is 2.94. The highest BCUT2D eigenvalue weighted by molar-refractivity contribution is 5.44. The summed E-state index contributed by atoms with van der Waals surface area (Å²) in [6.07, 6.45) is 6.52. The highest BCUT2D eigenvalue weighted by Crippen LogP contribution is 2.36. The lowest BCUT2D eigenvalue weighted by Crippen LogP contribution is -2.14. The van der Waals surface area contributed by atoms with Crippen molar-refractivity contribution in [2.45, 2.75) is 45.1 Å². The average Bonchev–Trinajstić information content (AvgIpc) is 2.88. The standard InChI is InChI=1S/C17H25NO2/c1-12-10-19-16-7-6-14(9-17(16)20-11-12)15(18)8-13-4-2-3-5-13/h6-7,9,12-13,15H,2-5,8,10-11,18H2,1H3. The van der Waals surface area contributed by atoms with Crippen molar-refractivity contribution < 1.29 is 9.47 Å². The summed E-state index contributed by atoms with van der Waals surface area (Å²) in [5.41, 5.74) is 7.55. The average molecular weight is 275 g/mol. The van der Waals surface area contributed by atoms with Crippen LogP contribution in [0, 0.1) is 11.8 Å². The number of hydrogen-bond donors (Lipinski definition) is 1. The van der Waals surface area contributed by atoms with E-state index in [4.69, 9.17) is 15.2 Å². The zero-order valence-electron chi connectivity index (χ0n) is 12.3. The van der Waals surface area contributed by atoms with Crippen LogP contribution in [0.1, 0.15) is 50.6 Å². The lowest BCUT2D eigenvalue weighted by atomic mass is 9.94. The van der Waals surface area contributed by atoms with Crippen LogP contribution in [0.15, 0.2) is 18.2 Å². The Kier molecular flexibility index (Phi) is 4.16. The van der Waals surface area contributed by atoms with Gasteiger partial charge in [-0.1, -0.05) is 38.7 Å². The lowest BCUT2D eigenvalue weighted by Gasteiger charge is -2.18. The van der Waals surface area contributed by atoms with Crippen LogP contribution in [0.4, 0.5) is 0 Å². The molecule has 2 N–H and O–H groups in total. The molecule has 0 radical (unpaired) electrons. The minimum Gasteiger partial charge on any atom is -0.489 e. The Morgan fingerprint density at radius 2 is 1.85 bits per heavy atom. The minimum absolute atomic E-state index is 0.118. The summed E-state index contributed by atoms with van der Waals surface area (Å²) in [4.78, 5) is 0. The maximum absolute atomic E-state index is 6.38. The minimum atomic E-state index is 0.118. The smallest absolute Gasteiger partial charge is 0.161 e. The van der Waals surface area contributed by atoms with Gasteiger partial charge in [-0.05, 0) is 30.0 Å². The molecule has 2 unspecified atom stereocenters. The third kappa shape index (κ3) is 3.09. The fourth-order valence-electron chi connectivity index (χ4n) is 3.24. The summed E-state index contributed by atoms with van der Waals surface area (Å²) in [6.45, 7) is 3.58. The monoisotopic (exact) mass is 275 g/mol. The van der Waals surface area contributed by atoms with Crippen LogP contribution in [0.2, 0.25) is 0 Å². The number of benzene rings is 1. The normalized spacial score (nSPS) is 24.4.